The highest BCUT2D eigenvalue weighted by Crippen LogP contribution is 2.66. The molecule has 0 bridgehead atoms. The average molecular weight is 896 g/mol. The van der Waals surface area contributed by atoms with Gasteiger partial charge in [-0.2, -0.15) is 0 Å². The lowest BCUT2D eigenvalue weighted by Crippen LogP contribution is -2.32. The van der Waals surface area contributed by atoms with Crippen molar-refractivity contribution in [1.29, 1.82) is 0 Å². The van der Waals surface area contributed by atoms with Crippen LogP contribution in [0, 0.1) is 0 Å². The van der Waals surface area contributed by atoms with Gasteiger partial charge in [0.1, 0.15) is 11.5 Å². The largest absolute Gasteiger partial charge is 0.457 e. The van der Waals surface area contributed by atoms with E-state index in [1.165, 1.54) is 76.2 Å². The molecule has 2 nitrogen and oxygen atoms in total. The summed E-state index contributed by atoms with van der Waals surface area (Å²) in [5, 5.41) is 2.43. The number of fused-ring (bicyclic) bond motifs is 20. The molecule has 0 N–H and O–H groups in total. The fourth-order valence-electron chi connectivity index (χ4n) is 12.8. The van der Waals surface area contributed by atoms with Crippen LogP contribution in [0.2, 0.25) is 0 Å². The first-order valence-electron chi connectivity index (χ1n) is 23.8. The Kier molecular flexibility index (Phi) is 8.17. The van der Waals surface area contributed by atoms with Crippen molar-refractivity contribution in [2.45, 2.75) is 20.6 Å². The van der Waals surface area contributed by atoms with Gasteiger partial charge in [0.15, 0.2) is 0 Å². The molecule has 15 rings (SSSR count). The smallest absolute Gasteiger partial charge is 0.132 e. The Morgan fingerprint density at radius 2 is 0.812 bits per heavy atom. The van der Waals surface area contributed by atoms with Crippen molar-refractivity contribution in [2.75, 3.05) is 4.90 Å². The molecule has 2 aliphatic heterocycles. The Balaban J connectivity index is 1.08. The lowest BCUT2D eigenvalue weighted by molar-refractivity contribution is 0.436. The zero-order chi connectivity index (χ0) is 45.3. The van der Waals surface area contributed by atoms with Crippen molar-refractivity contribution in [3.05, 3.63) is 293 Å². The van der Waals surface area contributed by atoms with Gasteiger partial charge in [0.25, 0.3) is 0 Å². The van der Waals surface area contributed by atoms with E-state index in [0.29, 0.717) is 0 Å². The fraction of sp³-hybridized carbons (Fsp3) is 0.0303. The summed E-state index contributed by atoms with van der Waals surface area (Å²) in [6.45, 7) is 0. The van der Waals surface area contributed by atoms with E-state index in [9.17, 15) is 0 Å². The van der Waals surface area contributed by atoms with E-state index in [4.69, 9.17) is 4.74 Å². The first kappa shape index (κ1) is 38.7. The molecule has 69 heavy (non-hydrogen) atoms. The Morgan fingerprint density at radius 1 is 0.319 bits per heavy atom. The summed E-state index contributed by atoms with van der Waals surface area (Å²) in [5.41, 5.74) is 19.6. The molecule has 0 radical (unpaired) electrons. The molecule has 11 aromatic rings. The van der Waals surface area contributed by atoms with Crippen LogP contribution in [0.5, 0.6) is 11.5 Å². The molecule has 0 saturated heterocycles. The molecule has 0 unspecified atom stereocenters. The highest BCUT2D eigenvalue weighted by molar-refractivity contribution is 7.99. The lowest BCUT2D eigenvalue weighted by Gasteiger charge is -2.40. The fourth-order valence-corrected chi connectivity index (χ4v) is 14.0. The number of rotatable bonds is 4. The third-order valence-corrected chi connectivity index (χ3v) is 16.5. The van der Waals surface area contributed by atoms with E-state index in [1.54, 1.807) is 0 Å². The number of ether oxygens (including phenoxy) is 1. The van der Waals surface area contributed by atoms with Crippen LogP contribution in [0.1, 0.15) is 44.5 Å². The maximum atomic E-state index is 6.79. The molecule has 0 amide bonds. The normalized spacial score (nSPS) is 14.4. The van der Waals surface area contributed by atoms with Crippen molar-refractivity contribution < 1.29 is 4.74 Å². The van der Waals surface area contributed by atoms with Gasteiger partial charge in [-0.1, -0.05) is 212 Å². The standard InChI is InChI=1S/C66H41NOS/c1-2-20-42(21-3-1)44-22-8-15-33-58(44)67(43-38-39-46-45-23-6-9-27-50(45)65(56(46)40-43)52-29-11-16-34-60(52)68-61-35-17-12-30-53(61)65)59-41-57-64(48-25-5-4-24-47(48)59)49-26-7-10-28-51(49)66(57)54-31-13-18-36-62(54)69-63-37-19-14-32-55(63)66/h1-41H. The van der Waals surface area contributed by atoms with Crippen molar-refractivity contribution in [2.24, 2.45) is 0 Å². The van der Waals surface area contributed by atoms with Crippen LogP contribution in [-0.2, 0) is 10.8 Å². The van der Waals surface area contributed by atoms with Gasteiger partial charge in [0, 0.05) is 37.6 Å². The van der Waals surface area contributed by atoms with Gasteiger partial charge in [0.2, 0.25) is 0 Å². The van der Waals surface area contributed by atoms with Gasteiger partial charge in [-0.25, -0.2) is 0 Å². The first-order valence-corrected chi connectivity index (χ1v) is 24.6. The molecule has 0 fully saturated rings. The highest BCUT2D eigenvalue weighted by atomic mass is 32.2. The Hall–Kier alpha value is -8.37. The Morgan fingerprint density at radius 3 is 1.51 bits per heavy atom. The zero-order valence-electron chi connectivity index (χ0n) is 37.4. The average Bonchev–Trinajstić information content (AvgIpc) is 3.87. The maximum Gasteiger partial charge on any atom is 0.132 e. The van der Waals surface area contributed by atoms with Crippen LogP contribution in [0.25, 0.3) is 44.2 Å². The molecule has 4 aliphatic rings. The minimum Gasteiger partial charge on any atom is -0.457 e. The summed E-state index contributed by atoms with van der Waals surface area (Å²) in [6.07, 6.45) is 0. The Labute approximate surface area is 405 Å². The number of nitrogens with zero attached hydrogens (tertiary/aromatic N) is 1. The molecule has 322 valence electrons. The van der Waals surface area contributed by atoms with E-state index >= 15 is 0 Å². The molecule has 3 heteroatoms. The van der Waals surface area contributed by atoms with Gasteiger partial charge in [-0.15, -0.1) is 0 Å². The number of benzene rings is 11. The SMILES string of the molecule is c1ccc(-c2ccccc2N(c2ccc3c(c2)C2(c4ccccc4Oc4ccccc42)c2ccccc2-3)c2cc3c(c4ccccc24)-c2ccccc2C32c3ccccc3Sc3ccccc32)cc1. The number of para-hydroxylation sites is 3. The first-order chi connectivity index (χ1) is 34.2. The van der Waals surface area contributed by atoms with Crippen molar-refractivity contribution in [3.8, 4) is 44.9 Å². The molecule has 0 atom stereocenters. The van der Waals surface area contributed by atoms with E-state index < -0.39 is 10.8 Å². The molecule has 0 aromatic heterocycles. The molecule has 2 heterocycles. The monoisotopic (exact) mass is 895 g/mol. The second-order valence-corrected chi connectivity index (χ2v) is 19.7. The van der Waals surface area contributed by atoms with Crippen molar-refractivity contribution >= 4 is 39.6 Å². The third kappa shape index (κ3) is 5.12. The second-order valence-electron chi connectivity index (χ2n) is 18.6. The van der Waals surface area contributed by atoms with Gasteiger partial charge < -0.3 is 9.64 Å². The van der Waals surface area contributed by atoms with Crippen LogP contribution in [0.15, 0.2) is 259 Å². The maximum absolute atomic E-state index is 6.79. The minimum absolute atomic E-state index is 0.563. The second kappa shape index (κ2) is 14.6. The summed E-state index contributed by atoms with van der Waals surface area (Å²) in [6, 6.07) is 92.5. The molecule has 2 spiro atoms. The molecule has 2 aliphatic carbocycles. The van der Waals surface area contributed by atoms with Gasteiger partial charge in [-0.3, -0.25) is 0 Å². The quantitative estimate of drug-likeness (QED) is 0.175. The molecule has 11 aromatic carbocycles. The van der Waals surface area contributed by atoms with Crippen molar-refractivity contribution in [1.82, 2.24) is 0 Å². The van der Waals surface area contributed by atoms with Crippen LogP contribution in [-0.4, -0.2) is 0 Å². The lowest BCUT2D eigenvalue weighted by atomic mass is 9.66. The van der Waals surface area contributed by atoms with E-state index in [2.05, 4.69) is 254 Å². The summed E-state index contributed by atoms with van der Waals surface area (Å²) < 4.78 is 6.79. The summed E-state index contributed by atoms with van der Waals surface area (Å²) in [5.74, 6) is 1.77. The predicted octanol–water partition coefficient (Wildman–Crippen LogP) is 17.3. The van der Waals surface area contributed by atoms with E-state index in [0.717, 1.165) is 50.8 Å². The number of hydrogen-bond acceptors (Lipinski definition) is 3. The molecular formula is C66H41NOS. The van der Waals surface area contributed by atoms with Crippen LogP contribution >= 0.6 is 11.8 Å². The van der Waals surface area contributed by atoms with Crippen LogP contribution in [0.3, 0.4) is 0 Å². The van der Waals surface area contributed by atoms with Gasteiger partial charge in [-0.05, 0) is 115 Å². The van der Waals surface area contributed by atoms with Crippen LogP contribution in [0.4, 0.5) is 17.1 Å². The third-order valence-electron chi connectivity index (χ3n) is 15.4. The number of anilines is 3. The summed E-state index contributed by atoms with van der Waals surface area (Å²) in [7, 11) is 0. The minimum atomic E-state index is -0.628. The van der Waals surface area contributed by atoms with Crippen molar-refractivity contribution in [3.63, 3.8) is 0 Å². The predicted molar refractivity (Wildman–Crippen MR) is 283 cm³/mol. The van der Waals surface area contributed by atoms with Crippen LogP contribution < -0.4 is 9.64 Å². The number of hydrogen-bond donors (Lipinski definition) is 0. The molecular weight excluding hydrogens is 855 g/mol. The summed E-state index contributed by atoms with van der Waals surface area (Å²) >= 11 is 1.89. The zero-order valence-corrected chi connectivity index (χ0v) is 38.3. The van der Waals surface area contributed by atoms with Gasteiger partial charge in [0.05, 0.1) is 22.2 Å². The topological polar surface area (TPSA) is 12.5 Å². The Bertz CT molecular complexity index is 3850. The van der Waals surface area contributed by atoms with Gasteiger partial charge >= 0.3 is 0 Å². The van der Waals surface area contributed by atoms with E-state index in [-0.39, 0.29) is 0 Å². The summed E-state index contributed by atoms with van der Waals surface area (Å²) in [4.78, 5) is 5.16. The highest BCUT2D eigenvalue weighted by Gasteiger charge is 2.53. The van der Waals surface area contributed by atoms with E-state index in [1.807, 2.05) is 11.8 Å². The molecule has 0 saturated carbocycles.